The fourth-order valence-corrected chi connectivity index (χ4v) is 2.91. The molecule has 0 spiro atoms. The van der Waals surface area contributed by atoms with Gasteiger partial charge < -0.3 is 5.32 Å². The van der Waals surface area contributed by atoms with Gasteiger partial charge in [0.25, 0.3) is 0 Å². The van der Waals surface area contributed by atoms with E-state index in [9.17, 15) is 0 Å². The maximum absolute atomic E-state index is 4.45. The van der Waals surface area contributed by atoms with Crippen LogP contribution in [-0.2, 0) is 13.5 Å². The largest absolute Gasteiger partial charge is 0.310 e. The quantitative estimate of drug-likeness (QED) is 0.841. The second-order valence-corrected chi connectivity index (χ2v) is 5.92. The normalized spacial score (nSPS) is 14.1. The number of aryl methyl sites for hydroxylation is 2. The summed E-state index contributed by atoms with van der Waals surface area (Å²) in [7, 11) is 2.03. The maximum atomic E-state index is 4.45. The smallest absolute Gasteiger partial charge is 0.0596 e. The van der Waals surface area contributed by atoms with E-state index in [0.717, 1.165) is 25.1 Å². The third-order valence-electron chi connectivity index (χ3n) is 3.97. The molecule has 0 aliphatic carbocycles. The molecular weight excluding hydrogens is 258 g/mol. The Morgan fingerprint density at radius 1 is 1.24 bits per heavy atom. The van der Waals surface area contributed by atoms with E-state index in [1.54, 1.807) is 0 Å². The van der Waals surface area contributed by atoms with Crippen LogP contribution in [0.2, 0.25) is 0 Å². The van der Waals surface area contributed by atoms with Crippen LogP contribution in [0.3, 0.4) is 0 Å². The Morgan fingerprint density at radius 2 is 1.95 bits per heavy atom. The van der Waals surface area contributed by atoms with Crippen LogP contribution < -0.4 is 5.32 Å². The summed E-state index contributed by atoms with van der Waals surface area (Å²) in [4.78, 5) is 0. The van der Waals surface area contributed by atoms with Gasteiger partial charge in [-0.3, -0.25) is 4.68 Å². The molecule has 0 amide bonds. The molecule has 0 saturated carbocycles. The molecule has 1 aromatic carbocycles. The first kappa shape index (κ1) is 15.8. The Morgan fingerprint density at radius 3 is 2.52 bits per heavy atom. The van der Waals surface area contributed by atoms with Crippen molar-refractivity contribution in [3.63, 3.8) is 0 Å². The molecule has 2 aromatic rings. The van der Waals surface area contributed by atoms with Gasteiger partial charge in [-0.2, -0.15) is 5.10 Å². The van der Waals surface area contributed by atoms with E-state index < -0.39 is 0 Å². The van der Waals surface area contributed by atoms with Crippen molar-refractivity contribution in [1.82, 2.24) is 15.1 Å². The number of nitrogens with one attached hydrogen (secondary N) is 1. The number of aromatic nitrogens is 2. The van der Waals surface area contributed by atoms with E-state index in [0.29, 0.717) is 12.0 Å². The van der Waals surface area contributed by atoms with Crippen molar-refractivity contribution in [1.29, 1.82) is 0 Å². The molecule has 0 saturated heterocycles. The van der Waals surface area contributed by atoms with Gasteiger partial charge in [-0.15, -0.1) is 0 Å². The van der Waals surface area contributed by atoms with E-state index in [-0.39, 0.29) is 0 Å². The molecule has 0 bridgehead atoms. The van der Waals surface area contributed by atoms with E-state index in [4.69, 9.17) is 0 Å². The van der Waals surface area contributed by atoms with Gasteiger partial charge in [-0.25, -0.2) is 0 Å². The first-order valence-electron chi connectivity index (χ1n) is 7.89. The molecule has 2 atom stereocenters. The van der Waals surface area contributed by atoms with Crippen LogP contribution in [0.25, 0.3) is 0 Å². The molecule has 0 aliphatic rings. The Balaban J connectivity index is 2.14. The SMILES string of the molecule is CCCNC(c1ccccc1)C(C)Cc1cc(C)nn1C. The minimum Gasteiger partial charge on any atom is -0.310 e. The highest BCUT2D eigenvalue weighted by Crippen LogP contribution is 2.25. The molecule has 0 radical (unpaired) electrons. The van der Waals surface area contributed by atoms with E-state index >= 15 is 0 Å². The van der Waals surface area contributed by atoms with E-state index in [1.165, 1.54) is 11.3 Å². The Labute approximate surface area is 128 Å². The van der Waals surface area contributed by atoms with Crippen molar-refractivity contribution in [3.8, 4) is 0 Å². The topological polar surface area (TPSA) is 29.9 Å². The molecule has 0 fully saturated rings. The lowest BCUT2D eigenvalue weighted by Gasteiger charge is -2.26. The summed E-state index contributed by atoms with van der Waals surface area (Å²) in [5, 5.41) is 8.16. The van der Waals surface area contributed by atoms with Gasteiger partial charge in [0.1, 0.15) is 0 Å². The zero-order chi connectivity index (χ0) is 15.2. The average Bonchev–Trinajstić information content (AvgIpc) is 2.78. The third kappa shape index (κ3) is 4.18. The average molecular weight is 285 g/mol. The molecule has 1 heterocycles. The van der Waals surface area contributed by atoms with Gasteiger partial charge in [0, 0.05) is 18.8 Å². The fourth-order valence-electron chi connectivity index (χ4n) is 2.91. The van der Waals surface area contributed by atoms with Gasteiger partial charge in [0.2, 0.25) is 0 Å². The Kier molecular flexibility index (Phi) is 5.57. The van der Waals surface area contributed by atoms with Crippen LogP contribution >= 0.6 is 0 Å². The molecule has 1 N–H and O–H groups in total. The number of nitrogens with zero attached hydrogens (tertiary/aromatic N) is 2. The second kappa shape index (κ2) is 7.41. The van der Waals surface area contributed by atoms with Gasteiger partial charge >= 0.3 is 0 Å². The monoisotopic (exact) mass is 285 g/mol. The molecular formula is C18H27N3. The summed E-state index contributed by atoms with van der Waals surface area (Å²) < 4.78 is 2.01. The molecule has 2 unspecified atom stereocenters. The number of hydrogen-bond donors (Lipinski definition) is 1. The molecule has 21 heavy (non-hydrogen) atoms. The first-order chi connectivity index (χ1) is 10.1. The summed E-state index contributed by atoms with van der Waals surface area (Å²) in [6.07, 6.45) is 2.19. The summed E-state index contributed by atoms with van der Waals surface area (Å²) in [5.41, 5.74) is 3.77. The van der Waals surface area contributed by atoms with Crippen molar-refractivity contribution in [3.05, 3.63) is 53.3 Å². The lowest BCUT2D eigenvalue weighted by Crippen LogP contribution is -2.29. The molecule has 114 valence electrons. The van der Waals surface area contributed by atoms with Gasteiger partial charge in [0.05, 0.1) is 5.69 Å². The van der Waals surface area contributed by atoms with Crippen molar-refractivity contribution >= 4 is 0 Å². The van der Waals surface area contributed by atoms with Crippen LogP contribution in [-0.4, -0.2) is 16.3 Å². The zero-order valence-electron chi connectivity index (χ0n) is 13.6. The van der Waals surface area contributed by atoms with Crippen LogP contribution in [0.15, 0.2) is 36.4 Å². The van der Waals surface area contributed by atoms with Crippen molar-refractivity contribution < 1.29 is 0 Å². The highest BCUT2D eigenvalue weighted by molar-refractivity contribution is 5.20. The second-order valence-electron chi connectivity index (χ2n) is 5.92. The first-order valence-corrected chi connectivity index (χ1v) is 7.89. The minimum absolute atomic E-state index is 0.390. The number of rotatable bonds is 7. The predicted octanol–water partition coefficient (Wildman–Crippen LogP) is 3.65. The summed E-state index contributed by atoms with van der Waals surface area (Å²) in [6.45, 7) is 7.64. The molecule has 2 rings (SSSR count). The maximum Gasteiger partial charge on any atom is 0.0596 e. The Hall–Kier alpha value is -1.61. The summed E-state index contributed by atoms with van der Waals surface area (Å²) in [6, 6.07) is 13.3. The fraction of sp³-hybridized carbons (Fsp3) is 0.500. The van der Waals surface area contributed by atoms with E-state index in [1.807, 2.05) is 11.7 Å². The molecule has 0 aliphatic heterocycles. The summed E-state index contributed by atoms with van der Waals surface area (Å²) in [5.74, 6) is 0.522. The predicted molar refractivity (Wildman–Crippen MR) is 88.3 cm³/mol. The highest BCUT2D eigenvalue weighted by Gasteiger charge is 2.20. The van der Waals surface area contributed by atoms with Gasteiger partial charge in [0.15, 0.2) is 0 Å². The lowest BCUT2D eigenvalue weighted by molar-refractivity contribution is 0.377. The zero-order valence-corrected chi connectivity index (χ0v) is 13.6. The number of benzene rings is 1. The standard InChI is InChI=1S/C18H27N3/c1-5-11-19-18(16-9-7-6-8-10-16)14(2)12-17-13-15(3)20-21(17)4/h6-10,13-14,18-19H,5,11-12H2,1-4H3. The minimum atomic E-state index is 0.390. The van der Waals surface area contributed by atoms with Crippen LogP contribution in [0.4, 0.5) is 0 Å². The highest BCUT2D eigenvalue weighted by atomic mass is 15.3. The van der Waals surface area contributed by atoms with Crippen LogP contribution in [0.5, 0.6) is 0 Å². The van der Waals surface area contributed by atoms with Gasteiger partial charge in [-0.05, 0) is 43.9 Å². The summed E-state index contributed by atoms with van der Waals surface area (Å²) >= 11 is 0. The molecule has 3 heteroatoms. The Bertz CT molecular complexity index is 545. The molecule has 3 nitrogen and oxygen atoms in total. The lowest BCUT2D eigenvalue weighted by atomic mass is 9.90. The van der Waals surface area contributed by atoms with Crippen molar-refractivity contribution in [2.24, 2.45) is 13.0 Å². The van der Waals surface area contributed by atoms with Crippen LogP contribution in [0, 0.1) is 12.8 Å². The third-order valence-corrected chi connectivity index (χ3v) is 3.97. The molecule has 1 aromatic heterocycles. The van der Waals surface area contributed by atoms with Crippen LogP contribution in [0.1, 0.15) is 43.3 Å². The number of hydrogen-bond acceptors (Lipinski definition) is 2. The van der Waals surface area contributed by atoms with E-state index in [2.05, 4.69) is 67.6 Å². The van der Waals surface area contributed by atoms with Crippen molar-refractivity contribution in [2.75, 3.05) is 6.54 Å². The van der Waals surface area contributed by atoms with Crippen molar-refractivity contribution in [2.45, 2.75) is 39.7 Å². The van der Waals surface area contributed by atoms with Gasteiger partial charge in [-0.1, -0.05) is 44.2 Å².